The van der Waals surface area contributed by atoms with Crippen LogP contribution in [0.2, 0.25) is 0 Å². The lowest BCUT2D eigenvalue weighted by molar-refractivity contribution is 0.0473. The second-order valence-corrected chi connectivity index (χ2v) is 6.63. The van der Waals surface area contributed by atoms with E-state index in [1.807, 2.05) is 23.8 Å². The summed E-state index contributed by atoms with van der Waals surface area (Å²) < 4.78 is 12.4. The van der Waals surface area contributed by atoms with Gasteiger partial charge >= 0.3 is 5.97 Å². The van der Waals surface area contributed by atoms with E-state index in [0.29, 0.717) is 22.6 Å². The van der Waals surface area contributed by atoms with Crippen molar-refractivity contribution < 1.29 is 18.7 Å². The molecule has 0 aromatic carbocycles. The molecule has 0 bridgehead atoms. The molecule has 0 unspecified atom stereocenters. The number of rotatable bonds is 5. The summed E-state index contributed by atoms with van der Waals surface area (Å²) in [5, 5.41) is 2.68. The van der Waals surface area contributed by atoms with Gasteiger partial charge in [-0.3, -0.25) is 9.36 Å². The molecule has 7 heteroatoms. The van der Waals surface area contributed by atoms with Gasteiger partial charge < -0.3 is 9.15 Å². The van der Waals surface area contributed by atoms with E-state index in [-0.39, 0.29) is 12.4 Å². The minimum Gasteiger partial charge on any atom is -0.466 e. The third-order valence-corrected chi connectivity index (χ3v) is 4.69. The van der Waals surface area contributed by atoms with Gasteiger partial charge in [-0.05, 0) is 39.8 Å². The molecule has 0 amide bonds. The first-order valence-electron chi connectivity index (χ1n) is 7.74. The molecule has 0 aliphatic rings. The van der Waals surface area contributed by atoms with E-state index in [9.17, 15) is 9.59 Å². The standard InChI is InChI=1S/C18H18N2O4S/c1-10-7-14(12(3)20(10)18-19-5-6-25-18)16(21)9-23-17(22)15-8-11(2)24-13(15)4/h5-8H,9H2,1-4H3. The molecule has 3 rings (SSSR count). The van der Waals surface area contributed by atoms with Crippen LogP contribution >= 0.6 is 11.3 Å². The van der Waals surface area contributed by atoms with E-state index in [1.165, 1.54) is 11.3 Å². The molecule has 130 valence electrons. The number of hydrogen-bond acceptors (Lipinski definition) is 6. The molecule has 0 aliphatic carbocycles. The molecule has 6 nitrogen and oxygen atoms in total. The molecule has 25 heavy (non-hydrogen) atoms. The number of carbonyl (C=O) groups is 2. The molecule has 0 aliphatic heterocycles. The van der Waals surface area contributed by atoms with Crippen LogP contribution in [-0.4, -0.2) is 27.9 Å². The molecular weight excluding hydrogens is 340 g/mol. The summed E-state index contributed by atoms with van der Waals surface area (Å²) in [5.41, 5.74) is 2.56. The lowest BCUT2D eigenvalue weighted by Gasteiger charge is -2.06. The Kier molecular flexibility index (Phi) is 4.59. The number of esters is 1. The predicted molar refractivity (Wildman–Crippen MR) is 93.7 cm³/mol. The number of thiazole rings is 1. The minimum absolute atomic E-state index is 0.248. The monoisotopic (exact) mass is 358 g/mol. The number of ketones is 1. The molecule has 3 heterocycles. The van der Waals surface area contributed by atoms with Crippen LogP contribution < -0.4 is 0 Å². The fourth-order valence-electron chi connectivity index (χ4n) is 2.79. The maximum absolute atomic E-state index is 12.5. The average molecular weight is 358 g/mol. The maximum atomic E-state index is 12.5. The van der Waals surface area contributed by atoms with Gasteiger partial charge in [-0.25, -0.2) is 9.78 Å². The van der Waals surface area contributed by atoms with Gasteiger partial charge in [-0.2, -0.15) is 0 Å². The van der Waals surface area contributed by atoms with Crippen LogP contribution in [-0.2, 0) is 4.74 Å². The van der Waals surface area contributed by atoms with E-state index in [1.54, 1.807) is 32.2 Å². The van der Waals surface area contributed by atoms with E-state index < -0.39 is 5.97 Å². The average Bonchev–Trinajstić information content (AvgIpc) is 3.25. The van der Waals surface area contributed by atoms with E-state index in [4.69, 9.17) is 9.15 Å². The Morgan fingerprint density at radius 2 is 1.96 bits per heavy atom. The van der Waals surface area contributed by atoms with Crippen molar-refractivity contribution in [2.75, 3.05) is 6.61 Å². The van der Waals surface area contributed by atoms with Crippen LogP contribution in [0.3, 0.4) is 0 Å². The van der Waals surface area contributed by atoms with E-state index in [2.05, 4.69) is 4.98 Å². The summed E-state index contributed by atoms with van der Waals surface area (Å²) in [6.45, 7) is 6.89. The summed E-state index contributed by atoms with van der Waals surface area (Å²) in [6, 6.07) is 3.40. The highest BCUT2D eigenvalue weighted by Gasteiger charge is 2.21. The van der Waals surface area contributed by atoms with E-state index in [0.717, 1.165) is 16.5 Å². The molecule has 0 spiro atoms. The Bertz CT molecular complexity index is 935. The van der Waals surface area contributed by atoms with Crippen LogP contribution in [0.5, 0.6) is 0 Å². The number of Topliss-reactive ketones (excluding diaryl/α,β-unsaturated/α-hetero) is 1. The van der Waals surface area contributed by atoms with Gasteiger partial charge in [-0.1, -0.05) is 0 Å². The lowest BCUT2D eigenvalue weighted by Crippen LogP contribution is -2.15. The summed E-state index contributed by atoms with van der Waals surface area (Å²) in [5.74, 6) is 0.304. The number of hydrogen-bond donors (Lipinski definition) is 0. The third-order valence-electron chi connectivity index (χ3n) is 3.94. The van der Waals surface area contributed by atoms with Gasteiger partial charge in [0.2, 0.25) is 5.78 Å². The highest BCUT2D eigenvalue weighted by atomic mass is 32.1. The molecule has 0 saturated carbocycles. The van der Waals surface area contributed by atoms with Crippen molar-refractivity contribution in [1.82, 2.24) is 9.55 Å². The van der Waals surface area contributed by atoms with Gasteiger partial charge in [0, 0.05) is 28.5 Å². The van der Waals surface area contributed by atoms with Gasteiger partial charge in [-0.15, -0.1) is 11.3 Å². The van der Waals surface area contributed by atoms with Gasteiger partial charge in [0.1, 0.15) is 17.1 Å². The molecule has 3 aromatic heterocycles. The van der Waals surface area contributed by atoms with Crippen molar-refractivity contribution in [2.24, 2.45) is 0 Å². The highest BCUT2D eigenvalue weighted by Crippen LogP contribution is 2.23. The Hall–Kier alpha value is -2.67. The highest BCUT2D eigenvalue weighted by molar-refractivity contribution is 7.12. The quantitative estimate of drug-likeness (QED) is 0.512. The predicted octanol–water partition coefficient (Wildman–Crippen LogP) is 3.80. The zero-order valence-electron chi connectivity index (χ0n) is 14.5. The minimum atomic E-state index is -0.559. The first-order chi connectivity index (χ1) is 11.9. The van der Waals surface area contributed by atoms with Gasteiger partial charge in [0.15, 0.2) is 11.7 Å². The largest absolute Gasteiger partial charge is 0.466 e. The van der Waals surface area contributed by atoms with Gasteiger partial charge in [0.05, 0.1) is 0 Å². The fourth-order valence-corrected chi connectivity index (χ4v) is 3.54. The Morgan fingerprint density at radius 3 is 2.56 bits per heavy atom. The first kappa shape index (κ1) is 17.2. The Balaban J connectivity index is 1.75. The van der Waals surface area contributed by atoms with Crippen LogP contribution in [0, 0.1) is 27.7 Å². The third kappa shape index (κ3) is 3.28. The van der Waals surface area contributed by atoms with Gasteiger partial charge in [0.25, 0.3) is 0 Å². The zero-order chi connectivity index (χ0) is 18.1. The molecule has 0 N–H and O–H groups in total. The number of aryl methyl sites for hydroxylation is 3. The second kappa shape index (κ2) is 6.68. The summed E-state index contributed by atoms with van der Waals surface area (Å²) in [6.07, 6.45) is 1.72. The van der Waals surface area contributed by atoms with E-state index >= 15 is 0 Å². The van der Waals surface area contributed by atoms with Crippen molar-refractivity contribution in [3.05, 3.63) is 57.7 Å². The molecule has 0 atom stereocenters. The van der Waals surface area contributed by atoms with Crippen LogP contribution in [0.15, 0.2) is 28.1 Å². The molecule has 0 radical (unpaired) electrons. The normalized spacial score (nSPS) is 10.9. The topological polar surface area (TPSA) is 74.3 Å². The summed E-state index contributed by atoms with van der Waals surface area (Å²) in [4.78, 5) is 28.9. The Morgan fingerprint density at radius 1 is 1.20 bits per heavy atom. The summed E-state index contributed by atoms with van der Waals surface area (Å²) >= 11 is 1.49. The number of ether oxygens (including phenoxy) is 1. The van der Waals surface area contributed by atoms with Crippen molar-refractivity contribution in [3.63, 3.8) is 0 Å². The summed E-state index contributed by atoms with van der Waals surface area (Å²) in [7, 11) is 0. The van der Waals surface area contributed by atoms with Crippen LogP contribution in [0.25, 0.3) is 5.13 Å². The SMILES string of the molecule is Cc1cc(C(=O)OCC(=O)c2cc(C)n(-c3nccs3)c2C)c(C)o1. The molecule has 3 aromatic rings. The smallest absolute Gasteiger partial charge is 0.342 e. The van der Waals surface area contributed by atoms with Crippen molar-refractivity contribution in [3.8, 4) is 5.13 Å². The number of nitrogens with zero attached hydrogens (tertiary/aromatic N) is 2. The lowest BCUT2D eigenvalue weighted by atomic mass is 10.1. The second-order valence-electron chi connectivity index (χ2n) is 5.76. The van der Waals surface area contributed by atoms with Crippen molar-refractivity contribution in [1.29, 1.82) is 0 Å². The number of carbonyl (C=O) groups excluding carboxylic acids is 2. The van der Waals surface area contributed by atoms with Crippen LogP contribution in [0.4, 0.5) is 0 Å². The number of furan rings is 1. The van der Waals surface area contributed by atoms with Crippen LogP contribution in [0.1, 0.15) is 43.6 Å². The van der Waals surface area contributed by atoms with Crippen molar-refractivity contribution in [2.45, 2.75) is 27.7 Å². The molecular formula is C18H18N2O4S. The zero-order valence-corrected chi connectivity index (χ0v) is 15.3. The first-order valence-corrected chi connectivity index (χ1v) is 8.62. The Labute approximate surface area is 149 Å². The number of aromatic nitrogens is 2. The molecule has 0 fully saturated rings. The maximum Gasteiger partial charge on any atom is 0.342 e. The fraction of sp³-hybridized carbons (Fsp3) is 0.278. The van der Waals surface area contributed by atoms with Crippen molar-refractivity contribution >= 4 is 23.1 Å². The molecule has 0 saturated heterocycles.